The topological polar surface area (TPSA) is 59.4 Å². The van der Waals surface area contributed by atoms with Gasteiger partial charge in [0.2, 0.25) is 5.88 Å². The van der Waals surface area contributed by atoms with Crippen molar-refractivity contribution in [1.82, 2.24) is 4.98 Å². The van der Waals surface area contributed by atoms with Crippen LogP contribution in [0.5, 0.6) is 11.6 Å². The molecule has 1 N–H and O–H groups in total. The average molecular weight is 250 g/mol. The number of halogens is 1. The Balaban J connectivity index is 2.16. The van der Waals surface area contributed by atoms with E-state index in [1.165, 1.54) is 18.3 Å². The van der Waals surface area contributed by atoms with Gasteiger partial charge in [-0.3, -0.25) is 0 Å². The highest BCUT2D eigenvalue weighted by Gasteiger charge is 2.04. The molecule has 0 fully saturated rings. The number of carboxylic acids is 1. The second kappa shape index (κ2) is 4.84. The molecule has 86 valence electrons. The van der Waals surface area contributed by atoms with Crippen LogP contribution < -0.4 is 4.74 Å². The first-order valence-electron chi connectivity index (χ1n) is 4.78. The second-order valence-corrected chi connectivity index (χ2v) is 3.69. The van der Waals surface area contributed by atoms with Gasteiger partial charge in [0.05, 0.1) is 5.56 Å². The van der Waals surface area contributed by atoms with E-state index in [4.69, 9.17) is 21.4 Å². The largest absolute Gasteiger partial charge is 0.478 e. The maximum absolute atomic E-state index is 10.6. The van der Waals surface area contributed by atoms with Gasteiger partial charge in [0.15, 0.2) is 0 Å². The van der Waals surface area contributed by atoms with Gasteiger partial charge in [-0.15, -0.1) is 0 Å². The van der Waals surface area contributed by atoms with Gasteiger partial charge in [-0.05, 0) is 24.3 Å². The molecule has 5 heteroatoms. The maximum Gasteiger partial charge on any atom is 0.337 e. The Labute approximate surface area is 102 Å². The van der Waals surface area contributed by atoms with Crippen LogP contribution in [0.15, 0.2) is 42.6 Å². The number of pyridine rings is 1. The standard InChI is InChI=1S/C12H8ClNO3/c13-9-2-1-3-10(6-9)17-11-5-4-8(7-14-11)12(15)16/h1-7H,(H,15,16). The predicted octanol–water partition coefficient (Wildman–Crippen LogP) is 3.23. The molecule has 0 amide bonds. The summed E-state index contributed by atoms with van der Waals surface area (Å²) in [6.07, 6.45) is 1.24. The Morgan fingerprint density at radius 2 is 2.12 bits per heavy atom. The van der Waals surface area contributed by atoms with E-state index in [2.05, 4.69) is 4.98 Å². The summed E-state index contributed by atoms with van der Waals surface area (Å²) in [6, 6.07) is 9.78. The molecule has 0 saturated heterocycles. The molecule has 2 rings (SSSR count). The number of aromatic nitrogens is 1. The number of hydrogen-bond acceptors (Lipinski definition) is 3. The van der Waals surface area contributed by atoms with Gasteiger partial charge in [-0.2, -0.15) is 0 Å². The molecule has 0 radical (unpaired) electrons. The Morgan fingerprint density at radius 1 is 1.29 bits per heavy atom. The highest BCUT2D eigenvalue weighted by molar-refractivity contribution is 6.30. The highest BCUT2D eigenvalue weighted by atomic mass is 35.5. The smallest absolute Gasteiger partial charge is 0.337 e. The van der Waals surface area contributed by atoms with Gasteiger partial charge in [-0.1, -0.05) is 17.7 Å². The van der Waals surface area contributed by atoms with Crippen LogP contribution in [0.2, 0.25) is 5.02 Å². The number of rotatable bonds is 3. The molecule has 0 aliphatic carbocycles. The van der Waals surface area contributed by atoms with Crippen molar-refractivity contribution in [2.45, 2.75) is 0 Å². The number of benzene rings is 1. The third kappa shape index (κ3) is 2.95. The van der Waals surface area contributed by atoms with E-state index < -0.39 is 5.97 Å². The zero-order valence-corrected chi connectivity index (χ0v) is 9.39. The van der Waals surface area contributed by atoms with Gasteiger partial charge in [-0.25, -0.2) is 9.78 Å². The Kier molecular flexibility index (Phi) is 3.25. The summed E-state index contributed by atoms with van der Waals surface area (Å²) in [5.41, 5.74) is 0.114. The number of hydrogen-bond donors (Lipinski definition) is 1. The van der Waals surface area contributed by atoms with E-state index in [0.29, 0.717) is 16.7 Å². The highest BCUT2D eigenvalue weighted by Crippen LogP contribution is 2.22. The Hall–Kier alpha value is -2.07. The van der Waals surface area contributed by atoms with Crippen molar-refractivity contribution in [2.75, 3.05) is 0 Å². The van der Waals surface area contributed by atoms with Crippen LogP contribution in [-0.4, -0.2) is 16.1 Å². The quantitative estimate of drug-likeness (QED) is 0.907. The van der Waals surface area contributed by atoms with Crippen LogP contribution in [0.4, 0.5) is 0 Å². The van der Waals surface area contributed by atoms with E-state index in [9.17, 15) is 4.79 Å². The molecule has 0 aliphatic rings. The van der Waals surface area contributed by atoms with Gasteiger partial charge >= 0.3 is 5.97 Å². The lowest BCUT2D eigenvalue weighted by Gasteiger charge is -2.04. The zero-order chi connectivity index (χ0) is 12.3. The number of carboxylic acid groups (broad SMARTS) is 1. The summed E-state index contributed by atoms with van der Waals surface area (Å²) >= 11 is 5.80. The van der Waals surface area contributed by atoms with Gasteiger partial charge in [0.25, 0.3) is 0 Å². The van der Waals surface area contributed by atoms with Crippen molar-refractivity contribution in [2.24, 2.45) is 0 Å². The first-order chi connectivity index (χ1) is 8.15. The summed E-state index contributed by atoms with van der Waals surface area (Å²) in [5.74, 6) is -0.155. The molecule has 0 spiro atoms. The summed E-state index contributed by atoms with van der Waals surface area (Å²) in [5, 5.41) is 9.26. The molecule has 17 heavy (non-hydrogen) atoms. The first kappa shape index (κ1) is 11.4. The minimum atomic E-state index is -1.02. The van der Waals surface area contributed by atoms with E-state index in [1.807, 2.05) is 0 Å². The monoisotopic (exact) mass is 249 g/mol. The SMILES string of the molecule is O=C(O)c1ccc(Oc2cccc(Cl)c2)nc1. The molecule has 0 aliphatic heterocycles. The number of carbonyl (C=O) groups is 1. The molecular weight excluding hydrogens is 242 g/mol. The second-order valence-electron chi connectivity index (χ2n) is 3.25. The third-order valence-corrected chi connectivity index (χ3v) is 2.24. The van der Waals surface area contributed by atoms with Gasteiger partial charge < -0.3 is 9.84 Å². The van der Waals surface area contributed by atoms with E-state index in [1.54, 1.807) is 24.3 Å². The molecule has 1 aromatic heterocycles. The molecule has 2 aromatic rings. The molecule has 0 unspecified atom stereocenters. The van der Waals surface area contributed by atoms with Crippen molar-refractivity contribution in [3.05, 3.63) is 53.2 Å². The van der Waals surface area contributed by atoms with Crippen molar-refractivity contribution in [3.63, 3.8) is 0 Å². The van der Waals surface area contributed by atoms with E-state index in [-0.39, 0.29) is 5.56 Å². The normalized spacial score (nSPS) is 9.94. The van der Waals surface area contributed by atoms with Crippen molar-refractivity contribution in [3.8, 4) is 11.6 Å². The maximum atomic E-state index is 10.6. The summed E-state index contributed by atoms with van der Waals surface area (Å²) in [7, 11) is 0. The molecule has 0 atom stereocenters. The molecule has 1 heterocycles. The van der Waals surface area contributed by atoms with Crippen molar-refractivity contribution >= 4 is 17.6 Å². The summed E-state index contributed by atoms with van der Waals surface area (Å²) < 4.78 is 5.41. The van der Waals surface area contributed by atoms with Crippen LogP contribution in [0.1, 0.15) is 10.4 Å². The zero-order valence-electron chi connectivity index (χ0n) is 8.63. The molecule has 1 aromatic carbocycles. The van der Waals surface area contributed by atoms with E-state index in [0.717, 1.165) is 0 Å². The van der Waals surface area contributed by atoms with Crippen LogP contribution in [-0.2, 0) is 0 Å². The lowest BCUT2D eigenvalue weighted by atomic mass is 10.3. The third-order valence-electron chi connectivity index (χ3n) is 2.00. The Morgan fingerprint density at radius 3 is 2.71 bits per heavy atom. The molecule has 4 nitrogen and oxygen atoms in total. The van der Waals surface area contributed by atoms with Crippen LogP contribution in [0.3, 0.4) is 0 Å². The number of aromatic carboxylic acids is 1. The van der Waals surface area contributed by atoms with E-state index >= 15 is 0 Å². The van der Waals surface area contributed by atoms with Crippen LogP contribution in [0.25, 0.3) is 0 Å². The molecule has 0 saturated carbocycles. The fourth-order valence-corrected chi connectivity index (χ4v) is 1.40. The van der Waals surface area contributed by atoms with Crippen molar-refractivity contribution < 1.29 is 14.6 Å². The molecule has 0 bridgehead atoms. The van der Waals surface area contributed by atoms with Crippen LogP contribution >= 0.6 is 11.6 Å². The lowest BCUT2D eigenvalue weighted by Crippen LogP contribution is -1.97. The Bertz CT molecular complexity index is 540. The number of ether oxygens (including phenoxy) is 1. The first-order valence-corrected chi connectivity index (χ1v) is 5.16. The fraction of sp³-hybridized carbons (Fsp3) is 0. The van der Waals surface area contributed by atoms with Gasteiger partial charge in [0.1, 0.15) is 5.75 Å². The minimum absolute atomic E-state index is 0.114. The predicted molar refractivity (Wildman–Crippen MR) is 62.7 cm³/mol. The summed E-state index contributed by atoms with van der Waals surface area (Å²) in [4.78, 5) is 14.5. The minimum Gasteiger partial charge on any atom is -0.478 e. The van der Waals surface area contributed by atoms with Gasteiger partial charge in [0, 0.05) is 17.3 Å². The lowest BCUT2D eigenvalue weighted by molar-refractivity contribution is 0.0696. The van der Waals surface area contributed by atoms with Crippen molar-refractivity contribution in [1.29, 1.82) is 0 Å². The van der Waals surface area contributed by atoms with Crippen LogP contribution in [0, 0.1) is 0 Å². The molecular formula is C12H8ClNO3. The average Bonchev–Trinajstić information content (AvgIpc) is 2.29. The summed E-state index contributed by atoms with van der Waals surface area (Å²) in [6.45, 7) is 0. The fourth-order valence-electron chi connectivity index (χ4n) is 1.22. The number of nitrogens with zero attached hydrogens (tertiary/aromatic N) is 1.